The van der Waals surface area contributed by atoms with Crippen LogP contribution in [0.3, 0.4) is 0 Å². The van der Waals surface area contributed by atoms with Gasteiger partial charge in [0.15, 0.2) is 0 Å². The summed E-state index contributed by atoms with van der Waals surface area (Å²) in [4.78, 5) is 33.4. The molecule has 0 spiro atoms. The van der Waals surface area contributed by atoms with Gasteiger partial charge >= 0.3 is 0 Å². The van der Waals surface area contributed by atoms with E-state index in [9.17, 15) is 9.59 Å². The average Bonchev–Trinajstić information content (AvgIpc) is 2.74. The van der Waals surface area contributed by atoms with E-state index in [2.05, 4.69) is 36.2 Å². The number of aromatic nitrogens is 2. The second-order valence-corrected chi connectivity index (χ2v) is 7.35. The molecule has 1 amide bonds. The molecule has 0 bridgehead atoms. The van der Waals surface area contributed by atoms with Gasteiger partial charge in [0.1, 0.15) is 0 Å². The summed E-state index contributed by atoms with van der Waals surface area (Å²) >= 11 is 0. The zero-order valence-electron chi connectivity index (χ0n) is 15.9. The van der Waals surface area contributed by atoms with Crippen molar-refractivity contribution in [1.82, 2.24) is 14.9 Å². The van der Waals surface area contributed by atoms with E-state index in [0.717, 1.165) is 36.3 Å². The zero-order chi connectivity index (χ0) is 19.5. The van der Waals surface area contributed by atoms with Gasteiger partial charge in [-0.15, -0.1) is 0 Å². The third-order valence-corrected chi connectivity index (χ3v) is 5.24. The van der Waals surface area contributed by atoms with Crippen LogP contribution in [0.5, 0.6) is 0 Å². The lowest BCUT2D eigenvalue weighted by molar-refractivity contribution is 0.0705. The molecular weight excluding hydrogens is 350 g/mol. The molecule has 1 N–H and O–H groups in total. The van der Waals surface area contributed by atoms with Crippen molar-refractivity contribution in [3.63, 3.8) is 0 Å². The number of H-pyrrole nitrogens is 1. The number of amides is 1. The van der Waals surface area contributed by atoms with Gasteiger partial charge in [-0.25, -0.2) is 0 Å². The van der Waals surface area contributed by atoms with Crippen LogP contribution in [0.15, 0.2) is 65.6 Å². The van der Waals surface area contributed by atoms with Crippen LogP contribution in [0.25, 0.3) is 11.3 Å². The number of carbonyl (C=O) groups is 1. The van der Waals surface area contributed by atoms with Crippen molar-refractivity contribution < 1.29 is 4.79 Å². The lowest BCUT2D eigenvalue weighted by Gasteiger charge is -2.32. The van der Waals surface area contributed by atoms with E-state index < -0.39 is 0 Å². The van der Waals surface area contributed by atoms with Crippen LogP contribution in [-0.4, -0.2) is 33.9 Å². The predicted octanol–water partition coefficient (Wildman–Crippen LogP) is 3.77. The molecule has 0 radical (unpaired) electrons. The topological polar surface area (TPSA) is 66.1 Å². The van der Waals surface area contributed by atoms with Crippen molar-refractivity contribution >= 4 is 5.91 Å². The van der Waals surface area contributed by atoms with Crippen molar-refractivity contribution in [3.8, 4) is 11.3 Å². The van der Waals surface area contributed by atoms with Crippen molar-refractivity contribution in [3.05, 3.63) is 88.0 Å². The molecule has 1 aromatic carbocycles. The van der Waals surface area contributed by atoms with Gasteiger partial charge < -0.3 is 9.88 Å². The van der Waals surface area contributed by atoms with E-state index in [0.29, 0.717) is 12.1 Å². The first-order valence-electron chi connectivity index (χ1n) is 9.62. The van der Waals surface area contributed by atoms with Crippen LogP contribution in [0.1, 0.15) is 40.4 Å². The molecule has 3 aromatic rings. The van der Waals surface area contributed by atoms with E-state index >= 15 is 0 Å². The van der Waals surface area contributed by atoms with Gasteiger partial charge in [0.2, 0.25) is 5.56 Å². The van der Waals surface area contributed by atoms with E-state index in [-0.39, 0.29) is 17.4 Å². The SMILES string of the molecule is Cc1cccc(-c2cccc(C3CCCN(C(=O)c4ccc(=O)[nH]c4)C3)n2)c1. The van der Waals surface area contributed by atoms with Gasteiger partial charge in [0.05, 0.1) is 11.3 Å². The van der Waals surface area contributed by atoms with E-state index in [4.69, 9.17) is 4.98 Å². The third kappa shape index (κ3) is 3.88. The zero-order valence-corrected chi connectivity index (χ0v) is 15.9. The number of likely N-dealkylation sites (tertiary alicyclic amines) is 1. The summed E-state index contributed by atoms with van der Waals surface area (Å²) in [5.74, 6) is 0.168. The van der Waals surface area contributed by atoms with Crippen molar-refractivity contribution in [2.45, 2.75) is 25.7 Å². The third-order valence-electron chi connectivity index (χ3n) is 5.24. The molecular formula is C23H23N3O2. The molecule has 142 valence electrons. The first-order valence-corrected chi connectivity index (χ1v) is 9.62. The summed E-state index contributed by atoms with van der Waals surface area (Å²) in [5.41, 5.74) is 4.62. The number of hydrogen-bond acceptors (Lipinski definition) is 3. The number of nitrogens with zero attached hydrogens (tertiary/aromatic N) is 2. The molecule has 2 aromatic heterocycles. The quantitative estimate of drug-likeness (QED) is 0.760. The number of pyridine rings is 2. The normalized spacial score (nSPS) is 16.8. The van der Waals surface area contributed by atoms with Crippen LogP contribution in [0.2, 0.25) is 0 Å². The molecule has 1 atom stereocenters. The average molecular weight is 373 g/mol. The smallest absolute Gasteiger partial charge is 0.255 e. The molecule has 5 heteroatoms. The van der Waals surface area contributed by atoms with Gasteiger partial charge in [-0.3, -0.25) is 14.6 Å². The van der Waals surface area contributed by atoms with E-state index in [1.807, 2.05) is 23.1 Å². The van der Waals surface area contributed by atoms with Crippen LogP contribution in [0.4, 0.5) is 0 Å². The van der Waals surface area contributed by atoms with Crippen molar-refractivity contribution in [2.75, 3.05) is 13.1 Å². The number of carbonyl (C=O) groups excluding carboxylic acids is 1. The van der Waals surface area contributed by atoms with Crippen molar-refractivity contribution in [2.24, 2.45) is 0 Å². The molecule has 1 unspecified atom stereocenters. The van der Waals surface area contributed by atoms with Crippen LogP contribution in [-0.2, 0) is 0 Å². The lowest BCUT2D eigenvalue weighted by atomic mass is 9.93. The van der Waals surface area contributed by atoms with Gasteiger partial charge in [-0.05, 0) is 44.0 Å². The van der Waals surface area contributed by atoms with E-state index in [1.54, 1.807) is 6.07 Å². The number of aromatic amines is 1. The molecule has 1 saturated heterocycles. The van der Waals surface area contributed by atoms with Crippen LogP contribution in [0, 0.1) is 6.92 Å². The number of rotatable bonds is 3. The largest absolute Gasteiger partial charge is 0.338 e. The van der Waals surface area contributed by atoms with Crippen LogP contribution >= 0.6 is 0 Å². The minimum absolute atomic E-state index is 0.0456. The van der Waals surface area contributed by atoms with E-state index in [1.165, 1.54) is 17.8 Å². The highest BCUT2D eigenvalue weighted by Crippen LogP contribution is 2.28. The fraction of sp³-hybridized carbons (Fsp3) is 0.261. The monoisotopic (exact) mass is 373 g/mol. The Balaban J connectivity index is 1.55. The Morgan fingerprint density at radius 3 is 2.79 bits per heavy atom. The van der Waals surface area contributed by atoms with Crippen molar-refractivity contribution in [1.29, 1.82) is 0 Å². The summed E-state index contributed by atoms with van der Waals surface area (Å²) in [6.07, 6.45) is 3.45. The second kappa shape index (κ2) is 7.80. The fourth-order valence-corrected chi connectivity index (χ4v) is 3.77. The maximum atomic E-state index is 12.8. The lowest BCUT2D eigenvalue weighted by Crippen LogP contribution is -2.39. The summed E-state index contributed by atoms with van der Waals surface area (Å²) in [7, 11) is 0. The number of hydrogen-bond donors (Lipinski definition) is 1. The molecule has 4 rings (SSSR count). The van der Waals surface area contributed by atoms with Crippen LogP contribution < -0.4 is 5.56 Å². The Hall–Kier alpha value is -3.21. The Bertz CT molecular complexity index is 1040. The molecule has 1 aliphatic heterocycles. The summed E-state index contributed by atoms with van der Waals surface area (Å²) in [6, 6.07) is 17.4. The maximum absolute atomic E-state index is 12.8. The summed E-state index contributed by atoms with van der Waals surface area (Å²) in [5, 5.41) is 0. The first kappa shape index (κ1) is 18.2. The Labute approximate surface area is 164 Å². The molecule has 0 aliphatic carbocycles. The highest BCUT2D eigenvalue weighted by molar-refractivity contribution is 5.94. The molecule has 3 heterocycles. The highest BCUT2D eigenvalue weighted by atomic mass is 16.2. The Morgan fingerprint density at radius 1 is 1.14 bits per heavy atom. The maximum Gasteiger partial charge on any atom is 0.255 e. The minimum atomic E-state index is -0.203. The van der Waals surface area contributed by atoms with Gasteiger partial charge in [0, 0.05) is 42.5 Å². The summed E-state index contributed by atoms with van der Waals surface area (Å²) < 4.78 is 0. The molecule has 28 heavy (non-hydrogen) atoms. The van der Waals surface area contributed by atoms with Gasteiger partial charge in [-0.1, -0.05) is 29.8 Å². The first-order chi connectivity index (χ1) is 13.6. The fourth-order valence-electron chi connectivity index (χ4n) is 3.77. The number of piperidine rings is 1. The number of aryl methyl sites for hydroxylation is 1. The van der Waals surface area contributed by atoms with Gasteiger partial charge in [0.25, 0.3) is 5.91 Å². The number of benzene rings is 1. The highest BCUT2D eigenvalue weighted by Gasteiger charge is 2.26. The predicted molar refractivity (Wildman–Crippen MR) is 109 cm³/mol. The van der Waals surface area contributed by atoms with Gasteiger partial charge in [-0.2, -0.15) is 0 Å². The molecule has 0 saturated carbocycles. The second-order valence-electron chi connectivity index (χ2n) is 7.35. The molecule has 1 fully saturated rings. The summed E-state index contributed by atoms with van der Waals surface area (Å²) in [6.45, 7) is 3.45. The Morgan fingerprint density at radius 2 is 2.00 bits per heavy atom. The Kier molecular flexibility index (Phi) is 5.06. The molecule has 1 aliphatic rings. The standard InChI is InChI=1S/C23H23N3O2/c1-16-5-2-6-17(13-16)20-8-3-9-21(25-20)19-7-4-12-26(15-19)23(28)18-10-11-22(27)24-14-18/h2-3,5-6,8-11,13-14,19H,4,7,12,15H2,1H3,(H,24,27). The minimum Gasteiger partial charge on any atom is -0.338 e. The number of nitrogens with one attached hydrogen (secondary N) is 1. The molecule has 5 nitrogen and oxygen atoms in total.